The first-order chi connectivity index (χ1) is 12.2. The Labute approximate surface area is 152 Å². The van der Waals surface area contributed by atoms with E-state index in [2.05, 4.69) is 15.2 Å². The van der Waals surface area contributed by atoms with E-state index in [-0.39, 0.29) is 18.0 Å². The highest BCUT2D eigenvalue weighted by molar-refractivity contribution is 7.13. The lowest BCUT2D eigenvalue weighted by atomic mass is 10.1. The Hall–Kier alpha value is -1.67. The number of nitrogens with one attached hydrogen (secondary N) is 1. The minimum atomic E-state index is -0.263. The van der Waals surface area contributed by atoms with Crippen LogP contribution in [-0.4, -0.2) is 65.6 Å². The van der Waals surface area contributed by atoms with Gasteiger partial charge in [0.15, 0.2) is 0 Å². The minimum absolute atomic E-state index is 0.0558. The predicted molar refractivity (Wildman–Crippen MR) is 95.7 cm³/mol. The van der Waals surface area contributed by atoms with Gasteiger partial charge < -0.3 is 15.0 Å². The van der Waals surface area contributed by atoms with Crippen LogP contribution in [0.1, 0.15) is 47.3 Å². The van der Waals surface area contributed by atoms with Crippen LogP contribution in [0.25, 0.3) is 0 Å². The number of aromatic nitrogens is 1. The number of likely N-dealkylation sites (tertiary alicyclic amines) is 2. The summed E-state index contributed by atoms with van der Waals surface area (Å²) in [5.41, 5.74) is 0. The summed E-state index contributed by atoms with van der Waals surface area (Å²) >= 11 is 1.48. The minimum Gasteiger partial charge on any atom is -0.450 e. The Bertz CT molecular complexity index is 592. The summed E-state index contributed by atoms with van der Waals surface area (Å²) in [6, 6.07) is 0.0994. The van der Waals surface area contributed by atoms with Crippen LogP contribution in [0.2, 0.25) is 0 Å². The van der Waals surface area contributed by atoms with Crippen molar-refractivity contribution in [2.75, 3.05) is 32.8 Å². The lowest BCUT2D eigenvalue weighted by Gasteiger charge is -2.31. The fraction of sp³-hybridized carbons (Fsp3) is 0.706. The normalized spacial score (nSPS) is 19.2. The average Bonchev–Trinajstić information content (AvgIpc) is 3.28. The molecule has 25 heavy (non-hydrogen) atoms. The quantitative estimate of drug-likeness (QED) is 0.864. The van der Waals surface area contributed by atoms with Crippen LogP contribution in [0.5, 0.6) is 0 Å². The number of piperidine rings is 1. The van der Waals surface area contributed by atoms with Crippen molar-refractivity contribution in [1.29, 1.82) is 0 Å². The highest BCUT2D eigenvalue weighted by atomic mass is 32.1. The van der Waals surface area contributed by atoms with E-state index in [0.29, 0.717) is 24.6 Å². The highest BCUT2D eigenvalue weighted by Gasteiger charge is 2.25. The van der Waals surface area contributed by atoms with Gasteiger partial charge in [0.1, 0.15) is 9.88 Å². The van der Waals surface area contributed by atoms with Gasteiger partial charge in [-0.1, -0.05) is 0 Å². The number of thiazole rings is 1. The number of carbonyl (C=O) groups is 2. The monoisotopic (exact) mass is 366 g/mol. The van der Waals surface area contributed by atoms with Gasteiger partial charge in [-0.3, -0.25) is 9.69 Å². The van der Waals surface area contributed by atoms with Gasteiger partial charge in [-0.2, -0.15) is 0 Å². The highest BCUT2D eigenvalue weighted by Crippen LogP contribution is 2.19. The molecule has 0 bridgehead atoms. The van der Waals surface area contributed by atoms with Crippen LogP contribution in [0.15, 0.2) is 6.20 Å². The summed E-state index contributed by atoms with van der Waals surface area (Å²) in [5, 5.41) is 4.08. The molecule has 0 spiro atoms. The maximum atomic E-state index is 12.4. The fourth-order valence-corrected chi connectivity index (χ4v) is 4.16. The predicted octanol–water partition coefficient (Wildman–Crippen LogP) is 2.09. The number of carbonyl (C=O) groups excluding carboxylic acids is 2. The summed E-state index contributed by atoms with van der Waals surface area (Å²) in [4.78, 5) is 33.3. The summed E-state index contributed by atoms with van der Waals surface area (Å²) in [6.45, 7) is 6.52. The molecule has 2 fully saturated rings. The molecule has 1 aromatic rings. The molecule has 2 saturated heterocycles. The topological polar surface area (TPSA) is 74.8 Å². The van der Waals surface area contributed by atoms with Crippen LogP contribution in [0, 0.1) is 0 Å². The van der Waals surface area contributed by atoms with Crippen LogP contribution in [0.4, 0.5) is 4.79 Å². The van der Waals surface area contributed by atoms with E-state index in [1.165, 1.54) is 24.2 Å². The second kappa shape index (κ2) is 8.62. The number of rotatable bonds is 5. The summed E-state index contributed by atoms with van der Waals surface area (Å²) in [7, 11) is 0. The second-order valence-electron chi connectivity index (χ2n) is 6.54. The van der Waals surface area contributed by atoms with Crippen molar-refractivity contribution < 1.29 is 14.3 Å². The molecule has 2 amide bonds. The van der Waals surface area contributed by atoms with E-state index >= 15 is 0 Å². The molecule has 3 heterocycles. The maximum absolute atomic E-state index is 12.4. The van der Waals surface area contributed by atoms with Crippen molar-refractivity contribution in [2.45, 2.75) is 45.2 Å². The Balaban J connectivity index is 1.45. The van der Waals surface area contributed by atoms with Crippen LogP contribution in [0.3, 0.4) is 0 Å². The number of hydrogen-bond acceptors (Lipinski definition) is 6. The van der Waals surface area contributed by atoms with E-state index in [9.17, 15) is 9.59 Å². The van der Waals surface area contributed by atoms with Gasteiger partial charge in [-0.25, -0.2) is 9.78 Å². The van der Waals surface area contributed by atoms with Crippen molar-refractivity contribution >= 4 is 23.3 Å². The standard InChI is InChI=1S/C17H26N4O3S/c1-2-24-17(23)21-9-5-13(6-10-21)19-16(22)14-11-18-15(25-14)12-20-7-3-4-8-20/h11,13H,2-10,12H2,1H3,(H,19,22). The lowest BCUT2D eigenvalue weighted by molar-refractivity contribution is 0.0862. The maximum Gasteiger partial charge on any atom is 0.409 e. The Morgan fingerprint density at radius 1 is 1.28 bits per heavy atom. The van der Waals surface area contributed by atoms with Gasteiger partial charge in [0.2, 0.25) is 0 Å². The zero-order chi connectivity index (χ0) is 17.6. The number of hydrogen-bond donors (Lipinski definition) is 1. The smallest absolute Gasteiger partial charge is 0.409 e. The zero-order valence-corrected chi connectivity index (χ0v) is 15.5. The third-order valence-electron chi connectivity index (χ3n) is 4.69. The van der Waals surface area contributed by atoms with E-state index in [0.717, 1.165) is 37.5 Å². The summed E-state index contributed by atoms with van der Waals surface area (Å²) in [6.07, 6.45) is 5.43. The van der Waals surface area contributed by atoms with Gasteiger partial charge >= 0.3 is 6.09 Å². The summed E-state index contributed by atoms with van der Waals surface area (Å²) in [5.74, 6) is -0.0558. The number of ether oxygens (including phenoxy) is 1. The van der Waals surface area contributed by atoms with Crippen molar-refractivity contribution in [1.82, 2.24) is 20.1 Å². The van der Waals surface area contributed by atoms with Gasteiger partial charge in [-0.15, -0.1) is 11.3 Å². The van der Waals surface area contributed by atoms with Gasteiger partial charge in [0.05, 0.1) is 19.3 Å². The number of amides is 2. The van der Waals surface area contributed by atoms with Crippen molar-refractivity contribution in [3.8, 4) is 0 Å². The van der Waals surface area contributed by atoms with Crippen LogP contribution >= 0.6 is 11.3 Å². The zero-order valence-electron chi connectivity index (χ0n) is 14.7. The first kappa shape index (κ1) is 18.1. The molecular weight excluding hydrogens is 340 g/mol. The molecule has 8 heteroatoms. The third kappa shape index (κ3) is 4.92. The second-order valence-corrected chi connectivity index (χ2v) is 7.65. The van der Waals surface area contributed by atoms with Crippen LogP contribution in [-0.2, 0) is 11.3 Å². The van der Waals surface area contributed by atoms with E-state index in [1.54, 1.807) is 18.0 Å². The van der Waals surface area contributed by atoms with Crippen molar-refractivity contribution in [2.24, 2.45) is 0 Å². The Morgan fingerprint density at radius 3 is 2.68 bits per heavy atom. The van der Waals surface area contributed by atoms with E-state index in [1.807, 2.05) is 0 Å². The Kier molecular flexibility index (Phi) is 6.25. The SMILES string of the molecule is CCOC(=O)N1CCC(NC(=O)c2cnc(CN3CCCC3)s2)CC1. The molecule has 0 atom stereocenters. The van der Waals surface area contributed by atoms with Crippen LogP contribution < -0.4 is 5.32 Å². The molecule has 3 rings (SSSR count). The molecule has 0 unspecified atom stereocenters. The third-order valence-corrected chi connectivity index (χ3v) is 5.67. The first-order valence-corrected chi connectivity index (χ1v) is 9.87. The largest absolute Gasteiger partial charge is 0.450 e. The van der Waals surface area contributed by atoms with Crippen molar-refractivity contribution in [3.05, 3.63) is 16.1 Å². The fourth-order valence-electron chi connectivity index (χ4n) is 3.30. The van der Waals surface area contributed by atoms with Gasteiger partial charge in [0, 0.05) is 19.1 Å². The van der Waals surface area contributed by atoms with Gasteiger partial charge in [0.25, 0.3) is 5.91 Å². The summed E-state index contributed by atoms with van der Waals surface area (Å²) < 4.78 is 5.01. The molecule has 0 radical (unpaired) electrons. The molecule has 7 nitrogen and oxygen atoms in total. The molecule has 138 valence electrons. The molecular formula is C17H26N4O3S. The van der Waals surface area contributed by atoms with Crippen molar-refractivity contribution in [3.63, 3.8) is 0 Å². The van der Waals surface area contributed by atoms with E-state index < -0.39 is 0 Å². The molecule has 2 aliphatic rings. The lowest BCUT2D eigenvalue weighted by Crippen LogP contribution is -2.46. The molecule has 2 aliphatic heterocycles. The number of nitrogens with zero attached hydrogens (tertiary/aromatic N) is 3. The molecule has 0 aliphatic carbocycles. The molecule has 0 aromatic carbocycles. The Morgan fingerprint density at radius 2 is 2.00 bits per heavy atom. The molecule has 1 N–H and O–H groups in total. The molecule has 1 aromatic heterocycles. The van der Waals surface area contributed by atoms with E-state index in [4.69, 9.17) is 4.74 Å². The average molecular weight is 366 g/mol. The molecule has 0 saturated carbocycles. The first-order valence-electron chi connectivity index (χ1n) is 9.05. The van der Waals surface area contributed by atoms with Gasteiger partial charge in [-0.05, 0) is 45.7 Å².